The van der Waals surface area contributed by atoms with Crippen LogP contribution in [-0.2, 0) is 4.74 Å². The number of aliphatic hydroxyl groups excluding tert-OH is 1. The molecule has 5 nitrogen and oxygen atoms in total. The lowest BCUT2D eigenvalue weighted by atomic mass is 9.98. The van der Waals surface area contributed by atoms with Gasteiger partial charge in [-0.25, -0.2) is 4.79 Å². The van der Waals surface area contributed by atoms with Crippen molar-refractivity contribution in [3.05, 3.63) is 69.2 Å². The summed E-state index contributed by atoms with van der Waals surface area (Å²) in [5.41, 5.74) is 2.26. The minimum Gasteiger partial charge on any atom is -0.489 e. The van der Waals surface area contributed by atoms with Crippen molar-refractivity contribution in [3.8, 4) is 5.75 Å². The van der Waals surface area contributed by atoms with Crippen LogP contribution in [0.4, 0.5) is 4.79 Å². The van der Waals surface area contributed by atoms with Crippen LogP contribution in [0.2, 0.25) is 5.02 Å². The van der Waals surface area contributed by atoms with Crippen molar-refractivity contribution in [2.24, 2.45) is 0 Å². The highest BCUT2D eigenvalue weighted by atomic mass is 79.9. The van der Waals surface area contributed by atoms with Crippen molar-refractivity contribution in [1.29, 1.82) is 0 Å². The van der Waals surface area contributed by atoms with E-state index in [1.165, 1.54) is 0 Å². The van der Waals surface area contributed by atoms with Gasteiger partial charge in [-0.3, -0.25) is 0 Å². The van der Waals surface area contributed by atoms with Crippen LogP contribution in [0, 0.1) is 0 Å². The summed E-state index contributed by atoms with van der Waals surface area (Å²) in [6.45, 7) is 6.73. The maximum atomic E-state index is 12.3. The molecule has 2 aromatic rings. The molecular formula is C24H27BrClNO4. The number of para-hydroxylation sites is 1. The van der Waals surface area contributed by atoms with Gasteiger partial charge in [-0.1, -0.05) is 41.9 Å². The summed E-state index contributed by atoms with van der Waals surface area (Å²) in [6, 6.07) is 12.9. The molecule has 0 radical (unpaired) electrons. The van der Waals surface area contributed by atoms with Crippen LogP contribution in [0.3, 0.4) is 0 Å². The Morgan fingerprint density at radius 1 is 1.23 bits per heavy atom. The van der Waals surface area contributed by atoms with Crippen molar-refractivity contribution in [1.82, 2.24) is 4.90 Å². The second-order valence-electron chi connectivity index (χ2n) is 8.40. The van der Waals surface area contributed by atoms with Gasteiger partial charge in [-0.05, 0) is 72.5 Å². The molecule has 2 aromatic carbocycles. The second kappa shape index (κ2) is 10.1. The average molecular weight is 509 g/mol. The van der Waals surface area contributed by atoms with E-state index >= 15 is 0 Å². The summed E-state index contributed by atoms with van der Waals surface area (Å²) in [5.74, 6) is 0.674. The molecule has 1 N–H and O–H groups in total. The van der Waals surface area contributed by atoms with Crippen LogP contribution in [0.25, 0.3) is 5.57 Å². The van der Waals surface area contributed by atoms with Crippen LogP contribution >= 0.6 is 27.5 Å². The van der Waals surface area contributed by atoms with Gasteiger partial charge < -0.3 is 19.5 Å². The van der Waals surface area contributed by atoms with E-state index in [1.807, 2.05) is 45.0 Å². The Labute approximate surface area is 196 Å². The number of halogens is 2. The predicted octanol–water partition coefficient (Wildman–Crippen LogP) is 6.24. The summed E-state index contributed by atoms with van der Waals surface area (Å²) in [6.07, 6.45) is 1.63. The van der Waals surface area contributed by atoms with E-state index in [2.05, 4.69) is 15.9 Å². The summed E-state index contributed by atoms with van der Waals surface area (Å²) >= 11 is 9.48. The van der Waals surface area contributed by atoms with E-state index in [4.69, 9.17) is 21.1 Å². The first-order valence-corrected chi connectivity index (χ1v) is 11.3. The summed E-state index contributed by atoms with van der Waals surface area (Å²) in [5, 5.41) is 11.1. The first-order valence-electron chi connectivity index (χ1n) is 10.2. The lowest BCUT2D eigenvalue weighted by Gasteiger charge is -2.30. The van der Waals surface area contributed by atoms with E-state index < -0.39 is 11.7 Å². The van der Waals surface area contributed by atoms with Crippen LogP contribution in [0.1, 0.15) is 44.4 Å². The number of rotatable bonds is 5. The van der Waals surface area contributed by atoms with Gasteiger partial charge >= 0.3 is 6.09 Å². The molecule has 1 amide bonds. The zero-order chi connectivity index (χ0) is 22.6. The monoisotopic (exact) mass is 507 g/mol. The molecule has 1 heterocycles. The minimum atomic E-state index is -0.778. The van der Waals surface area contributed by atoms with Crippen molar-refractivity contribution < 1.29 is 19.4 Å². The SMILES string of the molecule is CC(C)(C)OC(=O)N1CC=C(c2cccc(Br)c2OCC(O)c2ccc(Cl)cc2)CC1. The molecule has 7 heteroatoms. The molecule has 1 atom stereocenters. The van der Waals surface area contributed by atoms with Gasteiger partial charge in [0.1, 0.15) is 24.1 Å². The molecule has 166 valence electrons. The van der Waals surface area contributed by atoms with E-state index in [0.29, 0.717) is 30.3 Å². The minimum absolute atomic E-state index is 0.106. The smallest absolute Gasteiger partial charge is 0.410 e. The molecule has 31 heavy (non-hydrogen) atoms. The van der Waals surface area contributed by atoms with Crippen molar-refractivity contribution in [2.75, 3.05) is 19.7 Å². The number of benzene rings is 2. The van der Waals surface area contributed by atoms with Gasteiger partial charge in [-0.15, -0.1) is 0 Å². The number of hydrogen-bond acceptors (Lipinski definition) is 4. The average Bonchev–Trinajstić information content (AvgIpc) is 2.72. The van der Waals surface area contributed by atoms with E-state index in [-0.39, 0.29) is 12.7 Å². The zero-order valence-corrected chi connectivity index (χ0v) is 20.2. The first-order chi connectivity index (χ1) is 14.6. The number of hydrogen-bond donors (Lipinski definition) is 1. The number of nitrogens with zero attached hydrogens (tertiary/aromatic N) is 1. The van der Waals surface area contributed by atoms with Gasteiger partial charge in [0, 0.05) is 23.7 Å². The molecule has 0 bridgehead atoms. The van der Waals surface area contributed by atoms with E-state index in [0.717, 1.165) is 21.2 Å². The molecule has 0 saturated carbocycles. The molecule has 0 spiro atoms. The fourth-order valence-electron chi connectivity index (χ4n) is 3.26. The molecular weight excluding hydrogens is 482 g/mol. The summed E-state index contributed by atoms with van der Waals surface area (Å²) < 4.78 is 12.3. The third-order valence-corrected chi connectivity index (χ3v) is 5.69. The fraction of sp³-hybridized carbons (Fsp3) is 0.375. The first kappa shape index (κ1) is 23.6. The van der Waals surface area contributed by atoms with Crippen LogP contribution < -0.4 is 4.74 Å². The third-order valence-electron chi connectivity index (χ3n) is 4.81. The highest BCUT2D eigenvalue weighted by Gasteiger charge is 2.25. The van der Waals surface area contributed by atoms with Gasteiger partial charge in [0.25, 0.3) is 0 Å². The Bertz CT molecular complexity index is 953. The van der Waals surface area contributed by atoms with Crippen LogP contribution in [0.5, 0.6) is 5.75 Å². The van der Waals surface area contributed by atoms with Gasteiger partial charge in [0.15, 0.2) is 0 Å². The summed E-state index contributed by atoms with van der Waals surface area (Å²) in [4.78, 5) is 14.0. The number of aliphatic hydroxyl groups is 1. The van der Waals surface area contributed by atoms with Crippen molar-refractivity contribution in [3.63, 3.8) is 0 Å². The third kappa shape index (κ3) is 6.48. The number of amides is 1. The molecule has 3 rings (SSSR count). The molecule has 1 aliphatic heterocycles. The van der Waals surface area contributed by atoms with Crippen LogP contribution in [-0.4, -0.2) is 41.4 Å². The molecule has 0 aliphatic carbocycles. The molecule has 1 aliphatic rings. The van der Waals surface area contributed by atoms with Gasteiger partial charge in [-0.2, -0.15) is 0 Å². The topological polar surface area (TPSA) is 59.0 Å². The molecule has 0 saturated heterocycles. The van der Waals surface area contributed by atoms with Crippen molar-refractivity contribution in [2.45, 2.75) is 38.9 Å². The Kier molecular flexibility index (Phi) is 7.68. The maximum absolute atomic E-state index is 12.3. The van der Waals surface area contributed by atoms with Gasteiger partial charge in [0.05, 0.1) is 4.47 Å². The fourth-order valence-corrected chi connectivity index (χ4v) is 3.86. The number of carbonyl (C=O) groups is 1. The van der Waals surface area contributed by atoms with Crippen molar-refractivity contribution >= 4 is 39.2 Å². The lowest BCUT2D eigenvalue weighted by molar-refractivity contribution is 0.0270. The lowest BCUT2D eigenvalue weighted by Crippen LogP contribution is -2.39. The Morgan fingerprint density at radius 3 is 2.55 bits per heavy atom. The van der Waals surface area contributed by atoms with E-state index in [1.54, 1.807) is 29.2 Å². The second-order valence-corrected chi connectivity index (χ2v) is 9.69. The maximum Gasteiger partial charge on any atom is 0.410 e. The molecule has 0 aromatic heterocycles. The molecule has 1 unspecified atom stereocenters. The number of ether oxygens (including phenoxy) is 2. The normalized spacial score (nSPS) is 15.3. The van der Waals surface area contributed by atoms with Gasteiger partial charge in [0.2, 0.25) is 0 Å². The van der Waals surface area contributed by atoms with E-state index in [9.17, 15) is 9.90 Å². The highest BCUT2D eigenvalue weighted by Crippen LogP contribution is 2.37. The Morgan fingerprint density at radius 2 is 1.94 bits per heavy atom. The Hall–Kier alpha value is -2.02. The highest BCUT2D eigenvalue weighted by molar-refractivity contribution is 9.10. The van der Waals surface area contributed by atoms with Crippen LogP contribution in [0.15, 0.2) is 53.0 Å². The standard InChI is InChI=1S/C24H27BrClNO4/c1-24(2,3)31-23(29)27-13-11-16(12-14-27)19-5-4-6-20(25)22(19)30-15-21(28)17-7-9-18(26)10-8-17/h4-11,21,28H,12-15H2,1-3H3. The summed E-state index contributed by atoms with van der Waals surface area (Å²) in [7, 11) is 0. The largest absolute Gasteiger partial charge is 0.489 e. The predicted molar refractivity (Wildman–Crippen MR) is 126 cm³/mol. The number of carbonyl (C=O) groups excluding carboxylic acids is 1. The quantitative estimate of drug-likeness (QED) is 0.519. The molecule has 0 fully saturated rings. The zero-order valence-electron chi connectivity index (χ0n) is 17.9. The Balaban J connectivity index is 1.71.